The van der Waals surface area contributed by atoms with E-state index in [-0.39, 0.29) is 5.91 Å². The van der Waals surface area contributed by atoms with Crippen LogP contribution in [0, 0.1) is 6.92 Å². The first-order valence-corrected chi connectivity index (χ1v) is 7.20. The van der Waals surface area contributed by atoms with Gasteiger partial charge in [0.05, 0.1) is 12.3 Å². The van der Waals surface area contributed by atoms with Gasteiger partial charge in [0, 0.05) is 11.8 Å². The van der Waals surface area contributed by atoms with Gasteiger partial charge in [0.1, 0.15) is 11.5 Å². The summed E-state index contributed by atoms with van der Waals surface area (Å²) in [6.07, 6.45) is 0. The van der Waals surface area contributed by atoms with E-state index < -0.39 is 0 Å². The molecule has 2 aromatic rings. The molecule has 2 rings (SSSR count). The Hall–Kier alpha value is -1.75. The Bertz CT molecular complexity index is 525. The van der Waals surface area contributed by atoms with Crippen molar-refractivity contribution in [2.24, 2.45) is 0 Å². The summed E-state index contributed by atoms with van der Waals surface area (Å²) in [5.41, 5.74) is 1.98. The summed E-state index contributed by atoms with van der Waals surface area (Å²) >= 11 is 1.60. The SMILES string of the molecule is Cc1cc(CNC(=O)CSCc2ccccc2)no1. The normalized spacial score (nSPS) is 10.4. The minimum Gasteiger partial charge on any atom is -0.361 e. The van der Waals surface area contributed by atoms with Gasteiger partial charge in [-0.25, -0.2) is 0 Å². The predicted molar refractivity (Wildman–Crippen MR) is 75.7 cm³/mol. The highest BCUT2D eigenvalue weighted by Gasteiger charge is 2.04. The molecule has 1 heterocycles. The topological polar surface area (TPSA) is 55.1 Å². The average molecular weight is 276 g/mol. The summed E-state index contributed by atoms with van der Waals surface area (Å²) in [7, 11) is 0. The van der Waals surface area contributed by atoms with Crippen molar-refractivity contribution in [3.63, 3.8) is 0 Å². The second-order valence-electron chi connectivity index (χ2n) is 4.18. The van der Waals surface area contributed by atoms with Crippen molar-refractivity contribution in [1.82, 2.24) is 10.5 Å². The number of hydrogen-bond donors (Lipinski definition) is 1. The largest absolute Gasteiger partial charge is 0.361 e. The molecule has 4 nitrogen and oxygen atoms in total. The lowest BCUT2D eigenvalue weighted by molar-refractivity contribution is -0.118. The number of nitrogens with zero attached hydrogens (tertiary/aromatic N) is 1. The molecule has 1 amide bonds. The fraction of sp³-hybridized carbons (Fsp3) is 0.286. The smallest absolute Gasteiger partial charge is 0.230 e. The zero-order chi connectivity index (χ0) is 13.5. The number of carbonyl (C=O) groups is 1. The monoisotopic (exact) mass is 276 g/mol. The molecule has 0 aliphatic heterocycles. The Labute approximate surface area is 116 Å². The highest BCUT2D eigenvalue weighted by atomic mass is 32.2. The van der Waals surface area contributed by atoms with Gasteiger partial charge in [-0.1, -0.05) is 35.5 Å². The molecule has 0 unspecified atom stereocenters. The second-order valence-corrected chi connectivity index (χ2v) is 5.17. The third-order valence-corrected chi connectivity index (χ3v) is 3.49. The summed E-state index contributed by atoms with van der Waals surface area (Å²) < 4.78 is 4.93. The number of rotatable bonds is 6. The standard InChI is InChI=1S/C14H16N2O2S/c1-11-7-13(16-18-11)8-15-14(17)10-19-9-12-5-3-2-4-6-12/h2-7H,8-10H2,1H3,(H,15,17). The van der Waals surface area contributed by atoms with Crippen molar-refractivity contribution in [3.05, 3.63) is 53.4 Å². The van der Waals surface area contributed by atoms with Crippen LogP contribution >= 0.6 is 11.8 Å². The lowest BCUT2D eigenvalue weighted by atomic mass is 10.2. The van der Waals surface area contributed by atoms with Gasteiger partial charge in [0.25, 0.3) is 0 Å². The number of aromatic nitrogens is 1. The van der Waals surface area contributed by atoms with Crippen LogP contribution in [-0.2, 0) is 17.1 Å². The lowest BCUT2D eigenvalue weighted by Crippen LogP contribution is -2.24. The van der Waals surface area contributed by atoms with Crippen molar-refractivity contribution in [3.8, 4) is 0 Å². The van der Waals surface area contributed by atoms with Gasteiger partial charge >= 0.3 is 0 Å². The van der Waals surface area contributed by atoms with E-state index in [9.17, 15) is 4.79 Å². The van der Waals surface area contributed by atoms with E-state index in [0.29, 0.717) is 12.3 Å². The van der Waals surface area contributed by atoms with Crippen LogP contribution in [0.1, 0.15) is 17.0 Å². The quantitative estimate of drug-likeness (QED) is 0.881. The van der Waals surface area contributed by atoms with E-state index in [2.05, 4.69) is 22.6 Å². The van der Waals surface area contributed by atoms with E-state index in [1.54, 1.807) is 11.8 Å². The maximum atomic E-state index is 11.6. The third kappa shape index (κ3) is 4.79. The summed E-state index contributed by atoms with van der Waals surface area (Å²) in [4.78, 5) is 11.6. The van der Waals surface area contributed by atoms with E-state index >= 15 is 0 Å². The number of carbonyl (C=O) groups excluding carboxylic acids is 1. The van der Waals surface area contributed by atoms with Crippen LogP contribution in [0.3, 0.4) is 0 Å². The molecule has 100 valence electrons. The molecular weight excluding hydrogens is 260 g/mol. The predicted octanol–water partition coefficient (Wildman–Crippen LogP) is 2.53. The highest BCUT2D eigenvalue weighted by Crippen LogP contribution is 2.11. The molecule has 0 spiro atoms. The van der Waals surface area contributed by atoms with E-state index in [0.717, 1.165) is 17.2 Å². The third-order valence-electron chi connectivity index (χ3n) is 2.49. The molecule has 0 aliphatic rings. The minimum atomic E-state index is 0.0154. The summed E-state index contributed by atoms with van der Waals surface area (Å²) in [6.45, 7) is 2.25. The zero-order valence-electron chi connectivity index (χ0n) is 10.8. The second kappa shape index (κ2) is 6.99. The molecular formula is C14H16N2O2S. The van der Waals surface area contributed by atoms with Gasteiger partial charge in [0.2, 0.25) is 5.91 Å². The maximum absolute atomic E-state index is 11.6. The minimum absolute atomic E-state index is 0.0154. The van der Waals surface area contributed by atoms with Gasteiger partial charge in [-0.2, -0.15) is 0 Å². The number of aryl methyl sites for hydroxylation is 1. The zero-order valence-corrected chi connectivity index (χ0v) is 11.6. The van der Waals surface area contributed by atoms with Crippen LogP contribution in [0.4, 0.5) is 0 Å². The van der Waals surface area contributed by atoms with Gasteiger partial charge in [-0.3, -0.25) is 4.79 Å². The first-order valence-electron chi connectivity index (χ1n) is 6.04. The highest BCUT2D eigenvalue weighted by molar-refractivity contribution is 7.99. The Morgan fingerprint density at radius 1 is 1.37 bits per heavy atom. The van der Waals surface area contributed by atoms with Crippen molar-refractivity contribution in [2.45, 2.75) is 19.2 Å². The first kappa shape index (κ1) is 13.7. The molecule has 1 aromatic carbocycles. The van der Waals surface area contributed by atoms with E-state index in [4.69, 9.17) is 4.52 Å². The van der Waals surface area contributed by atoms with Crippen molar-refractivity contribution in [2.75, 3.05) is 5.75 Å². The molecule has 1 N–H and O–H groups in total. The molecule has 0 fully saturated rings. The number of thioether (sulfide) groups is 1. The van der Waals surface area contributed by atoms with Gasteiger partial charge in [-0.15, -0.1) is 11.8 Å². The van der Waals surface area contributed by atoms with Crippen molar-refractivity contribution < 1.29 is 9.32 Å². The molecule has 0 atom stereocenters. The average Bonchev–Trinajstić information content (AvgIpc) is 2.83. The van der Waals surface area contributed by atoms with Crippen LogP contribution in [0.2, 0.25) is 0 Å². The lowest BCUT2D eigenvalue weighted by Gasteiger charge is -2.03. The van der Waals surface area contributed by atoms with Crippen LogP contribution < -0.4 is 5.32 Å². The van der Waals surface area contributed by atoms with Gasteiger partial charge in [-0.05, 0) is 12.5 Å². The molecule has 0 aliphatic carbocycles. The van der Waals surface area contributed by atoms with Gasteiger partial charge in [0.15, 0.2) is 0 Å². The Balaban J connectivity index is 1.65. The van der Waals surface area contributed by atoms with E-state index in [1.165, 1.54) is 5.56 Å². The molecule has 5 heteroatoms. The van der Waals surface area contributed by atoms with E-state index in [1.807, 2.05) is 31.2 Å². The number of benzene rings is 1. The molecule has 0 bridgehead atoms. The fourth-order valence-corrected chi connectivity index (χ4v) is 2.39. The van der Waals surface area contributed by atoms with Crippen LogP contribution in [0.5, 0.6) is 0 Å². The van der Waals surface area contributed by atoms with Crippen LogP contribution in [0.15, 0.2) is 40.9 Å². The Morgan fingerprint density at radius 2 is 2.16 bits per heavy atom. The Morgan fingerprint density at radius 3 is 2.84 bits per heavy atom. The first-order chi connectivity index (χ1) is 9.24. The summed E-state index contributed by atoms with van der Waals surface area (Å²) in [6, 6.07) is 11.9. The van der Waals surface area contributed by atoms with Crippen LogP contribution in [-0.4, -0.2) is 16.8 Å². The molecule has 0 saturated heterocycles. The molecule has 0 radical (unpaired) electrons. The Kier molecular flexibility index (Phi) is 5.03. The van der Waals surface area contributed by atoms with Crippen molar-refractivity contribution in [1.29, 1.82) is 0 Å². The number of nitrogens with one attached hydrogen (secondary N) is 1. The maximum Gasteiger partial charge on any atom is 0.230 e. The molecule has 0 saturated carbocycles. The fourth-order valence-electron chi connectivity index (χ4n) is 1.58. The molecule has 19 heavy (non-hydrogen) atoms. The number of amides is 1. The van der Waals surface area contributed by atoms with Crippen LogP contribution in [0.25, 0.3) is 0 Å². The van der Waals surface area contributed by atoms with Crippen molar-refractivity contribution >= 4 is 17.7 Å². The summed E-state index contributed by atoms with van der Waals surface area (Å²) in [5.74, 6) is 2.06. The summed E-state index contributed by atoms with van der Waals surface area (Å²) in [5, 5.41) is 6.64. The number of hydrogen-bond acceptors (Lipinski definition) is 4. The molecule has 1 aromatic heterocycles. The van der Waals surface area contributed by atoms with Gasteiger partial charge < -0.3 is 9.84 Å².